The second-order valence-corrected chi connectivity index (χ2v) is 11.0. The molecule has 1 aromatic rings. The molecule has 0 saturated carbocycles. The smallest absolute Gasteiger partial charge is 0.282 e. The summed E-state index contributed by atoms with van der Waals surface area (Å²) in [6, 6.07) is 7.12. The Morgan fingerprint density at radius 2 is 1.67 bits per heavy atom. The topological polar surface area (TPSA) is 46.2 Å². The van der Waals surface area contributed by atoms with Gasteiger partial charge in [-0.25, -0.2) is 0 Å². The number of fused-ring (bicyclic) bond motifs is 1. The molecule has 3 nitrogen and oxygen atoms in total. The molecular weight excluding hydrogens is 390 g/mol. The van der Waals surface area contributed by atoms with Crippen LogP contribution >= 0.6 is 11.8 Å². The van der Waals surface area contributed by atoms with E-state index in [-0.39, 0.29) is 22.0 Å². The molecule has 1 aliphatic heterocycles. The number of hydrogen-bond acceptors (Lipinski definition) is 3. The van der Waals surface area contributed by atoms with Crippen LogP contribution in [0, 0.1) is 0 Å². The zero-order chi connectivity index (χ0) is 21.5. The van der Waals surface area contributed by atoms with Gasteiger partial charge in [-0.05, 0) is 95.0 Å². The van der Waals surface area contributed by atoms with E-state index in [1.807, 2.05) is 6.08 Å². The van der Waals surface area contributed by atoms with Crippen molar-refractivity contribution in [2.24, 2.45) is 0 Å². The Morgan fingerprint density at radius 3 is 2.37 bits per heavy atom. The molecule has 1 fully saturated rings. The van der Waals surface area contributed by atoms with Crippen molar-refractivity contribution in [1.29, 1.82) is 0 Å². The maximum atomic E-state index is 11.7. The third kappa shape index (κ3) is 4.07. The van der Waals surface area contributed by atoms with Crippen LogP contribution in [0.1, 0.15) is 82.9 Å². The number of rotatable bonds is 3. The van der Waals surface area contributed by atoms with Crippen LogP contribution < -0.4 is 5.32 Å². The first-order valence-electron chi connectivity index (χ1n) is 11.0. The van der Waals surface area contributed by atoms with Crippen LogP contribution in [0.25, 0.3) is 5.57 Å². The van der Waals surface area contributed by atoms with Crippen molar-refractivity contribution in [3.05, 3.63) is 63.6 Å². The first-order chi connectivity index (χ1) is 14.2. The van der Waals surface area contributed by atoms with E-state index < -0.39 is 0 Å². The molecule has 1 aromatic carbocycles. The van der Waals surface area contributed by atoms with Crippen molar-refractivity contribution in [2.75, 3.05) is 0 Å². The van der Waals surface area contributed by atoms with Crippen LogP contribution in [0.4, 0.5) is 4.79 Å². The Kier molecular flexibility index (Phi) is 5.56. The van der Waals surface area contributed by atoms with E-state index in [0.29, 0.717) is 4.91 Å². The van der Waals surface area contributed by atoms with E-state index >= 15 is 0 Å². The Morgan fingerprint density at radius 1 is 0.967 bits per heavy atom. The number of imide groups is 1. The SMILES string of the molecule is CC1(C)CCC(C)(C)c2cc(C3=C(/C=C/C=C4\SC(=O)NC4=O)CCCC3)ccc21. The molecule has 3 aliphatic rings. The van der Waals surface area contributed by atoms with Gasteiger partial charge in [0.25, 0.3) is 11.1 Å². The fourth-order valence-corrected chi connectivity index (χ4v) is 5.54. The van der Waals surface area contributed by atoms with Gasteiger partial charge in [0.1, 0.15) is 0 Å². The van der Waals surface area contributed by atoms with Gasteiger partial charge in [-0.15, -0.1) is 0 Å². The largest absolute Gasteiger partial charge is 0.290 e. The van der Waals surface area contributed by atoms with Gasteiger partial charge in [-0.1, -0.05) is 58.0 Å². The number of benzene rings is 1. The molecule has 158 valence electrons. The van der Waals surface area contributed by atoms with Gasteiger partial charge >= 0.3 is 0 Å². The van der Waals surface area contributed by atoms with E-state index in [1.165, 1.54) is 53.5 Å². The highest BCUT2D eigenvalue weighted by molar-refractivity contribution is 8.18. The summed E-state index contributed by atoms with van der Waals surface area (Å²) in [5.74, 6) is -0.299. The fraction of sp³-hybridized carbons (Fsp3) is 0.462. The van der Waals surface area contributed by atoms with Crippen molar-refractivity contribution in [3.8, 4) is 0 Å². The molecule has 0 unspecified atom stereocenters. The average Bonchev–Trinajstić information content (AvgIpc) is 3.03. The number of amides is 2. The van der Waals surface area contributed by atoms with E-state index in [9.17, 15) is 9.59 Å². The van der Waals surface area contributed by atoms with Crippen molar-refractivity contribution >= 4 is 28.5 Å². The first-order valence-corrected chi connectivity index (χ1v) is 11.8. The number of carbonyl (C=O) groups excluding carboxylic acids is 2. The summed E-state index contributed by atoms with van der Waals surface area (Å²) in [6.07, 6.45) is 12.8. The summed E-state index contributed by atoms with van der Waals surface area (Å²) in [5.41, 5.74) is 7.55. The van der Waals surface area contributed by atoms with Gasteiger partial charge in [0.15, 0.2) is 0 Å². The second-order valence-electron chi connectivity index (χ2n) is 9.97. The third-order valence-electron chi connectivity index (χ3n) is 6.90. The molecular formula is C26H31NO2S. The maximum absolute atomic E-state index is 11.7. The van der Waals surface area contributed by atoms with E-state index in [4.69, 9.17) is 0 Å². The van der Waals surface area contributed by atoms with Gasteiger partial charge < -0.3 is 0 Å². The minimum Gasteiger partial charge on any atom is -0.282 e. The maximum Gasteiger partial charge on any atom is 0.290 e. The predicted octanol–water partition coefficient (Wildman–Crippen LogP) is 6.79. The molecule has 30 heavy (non-hydrogen) atoms. The number of hydrogen-bond donors (Lipinski definition) is 1. The van der Waals surface area contributed by atoms with Crippen LogP contribution in [0.5, 0.6) is 0 Å². The molecule has 0 atom stereocenters. The standard InChI is InChI=1S/C26H31NO2S/c1-25(2)14-15-26(3,4)21-16-18(12-13-20(21)25)19-10-6-5-8-17(19)9-7-11-22-23(28)27-24(29)30-22/h7,9,11-13,16H,5-6,8,10,14-15H2,1-4H3,(H,27,28,29)/b9-7+,22-11-. The molecule has 1 heterocycles. The highest BCUT2D eigenvalue weighted by Gasteiger charge is 2.37. The van der Waals surface area contributed by atoms with Crippen LogP contribution in [0.3, 0.4) is 0 Å². The molecule has 2 amide bonds. The average molecular weight is 422 g/mol. The van der Waals surface area contributed by atoms with Crippen LogP contribution in [0.15, 0.2) is 46.9 Å². The Hall–Kier alpha value is -2.07. The van der Waals surface area contributed by atoms with Crippen LogP contribution in [0.2, 0.25) is 0 Å². The van der Waals surface area contributed by atoms with Gasteiger partial charge in [0.05, 0.1) is 4.91 Å². The molecule has 0 aromatic heterocycles. The van der Waals surface area contributed by atoms with Crippen molar-refractivity contribution in [2.45, 2.75) is 77.0 Å². The van der Waals surface area contributed by atoms with Crippen molar-refractivity contribution in [1.82, 2.24) is 5.32 Å². The Labute approximate surface area is 184 Å². The second kappa shape index (κ2) is 7.88. The molecule has 0 radical (unpaired) electrons. The van der Waals surface area contributed by atoms with E-state index in [0.717, 1.165) is 24.6 Å². The fourth-order valence-electron chi connectivity index (χ4n) is 4.91. The Bertz CT molecular complexity index is 994. The van der Waals surface area contributed by atoms with E-state index in [2.05, 4.69) is 57.3 Å². The molecule has 1 saturated heterocycles. The zero-order valence-corrected chi connectivity index (χ0v) is 19.2. The molecule has 0 spiro atoms. The lowest BCUT2D eigenvalue weighted by atomic mass is 9.62. The summed E-state index contributed by atoms with van der Waals surface area (Å²) in [4.78, 5) is 23.5. The third-order valence-corrected chi connectivity index (χ3v) is 7.73. The summed E-state index contributed by atoms with van der Waals surface area (Å²) in [6.45, 7) is 9.48. The van der Waals surface area contributed by atoms with Crippen LogP contribution in [-0.2, 0) is 15.6 Å². The first kappa shape index (κ1) is 21.2. The molecule has 4 heteroatoms. The van der Waals surface area contributed by atoms with Gasteiger partial charge in [-0.2, -0.15) is 0 Å². The lowest BCUT2D eigenvalue weighted by Crippen LogP contribution is -2.33. The van der Waals surface area contributed by atoms with Crippen LogP contribution in [-0.4, -0.2) is 11.1 Å². The minimum atomic E-state index is -0.299. The van der Waals surface area contributed by atoms with Crippen molar-refractivity contribution < 1.29 is 9.59 Å². The van der Waals surface area contributed by atoms with E-state index in [1.54, 1.807) is 6.08 Å². The van der Waals surface area contributed by atoms with Gasteiger partial charge in [0.2, 0.25) is 0 Å². The Balaban J connectivity index is 1.70. The molecule has 4 rings (SSSR count). The van der Waals surface area contributed by atoms with Crippen molar-refractivity contribution in [3.63, 3.8) is 0 Å². The summed E-state index contributed by atoms with van der Waals surface area (Å²) in [5, 5.41) is 2.01. The molecule has 1 N–H and O–H groups in total. The number of allylic oxidation sites excluding steroid dienone is 5. The minimum absolute atomic E-state index is 0.204. The number of carbonyl (C=O) groups is 2. The summed E-state index contributed by atoms with van der Waals surface area (Å²) < 4.78 is 0. The highest BCUT2D eigenvalue weighted by atomic mass is 32.2. The normalized spacial score (nSPS) is 24.5. The highest BCUT2D eigenvalue weighted by Crippen LogP contribution is 2.47. The quantitative estimate of drug-likeness (QED) is 0.547. The summed E-state index contributed by atoms with van der Waals surface area (Å²) >= 11 is 0.967. The zero-order valence-electron chi connectivity index (χ0n) is 18.4. The molecule has 0 bridgehead atoms. The lowest BCUT2D eigenvalue weighted by Gasteiger charge is -2.42. The van der Waals surface area contributed by atoms with Gasteiger partial charge in [0, 0.05) is 0 Å². The monoisotopic (exact) mass is 421 g/mol. The predicted molar refractivity (Wildman–Crippen MR) is 125 cm³/mol. The number of nitrogens with one attached hydrogen (secondary N) is 1. The molecule has 2 aliphatic carbocycles. The lowest BCUT2D eigenvalue weighted by molar-refractivity contribution is -0.115. The van der Waals surface area contributed by atoms with Gasteiger partial charge in [-0.3, -0.25) is 14.9 Å². The summed E-state index contributed by atoms with van der Waals surface area (Å²) in [7, 11) is 0. The number of thioether (sulfide) groups is 1.